The summed E-state index contributed by atoms with van der Waals surface area (Å²) in [7, 11) is 4.10. The van der Waals surface area contributed by atoms with E-state index < -0.39 is 11.9 Å². The summed E-state index contributed by atoms with van der Waals surface area (Å²) in [6.07, 6.45) is 4.60. The van der Waals surface area contributed by atoms with Gasteiger partial charge in [0.05, 0.1) is 0 Å². The Balaban J connectivity index is 1.45. The van der Waals surface area contributed by atoms with Crippen LogP contribution in [0.2, 0.25) is 10.0 Å². The number of piperidine rings is 1. The van der Waals surface area contributed by atoms with E-state index in [0.29, 0.717) is 49.4 Å². The van der Waals surface area contributed by atoms with Crippen LogP contribution in [0.25, 0.3) is 0 Å². The van der Waals surface area contributed by atoms with Crippen molar-refractivity contribution in [3.63, 3.8) is 0 Å². The lowest BCUT2D eigenvalue weighted by molar-refractivity contribution is -0.134. The molecule has 0 radical (unpaired) electrons. The lowest BCUT2D eigenvalue weighted by Crippen LogP contribution is -2.54. The van der Waals surface area contributed by atoms with Gasteiger partial charge in [0.2, 0.25) is 5.91 Å². The number of carbonyl (C=O) groups is 2. The molecule has 224 valence electrons. The fourth-order valence-corrected chi connectivity index (χ4v) is 6.09. The van der Waals surface area contributed by atoms with E-state index in [9.17, 15) is 14.0 Å². The van der Waals surface area contributed by atoms with E-state index in [2.05, 4.69) is 17.1 Å². The van der Waals surface area contributed by atoms with Crippen molar-refractivity contribution in [2.75, 3.05) is 46.9 Å². The summed E-state index contributed by atoms with van der Waals surface area (Å²) in [6.45, 7) is 5.16. The van der Waals surface area contributed by atoms with Gasteiger partial charge in [-0.25, -0.2) is 9.18 Å². The van der Waals surface area contributed by atoms with E-state index in [1.807, 2.05) is 37.2 Å². The quantitative estimate of drug-likeness (QED) is 0.362. The molecular weight excluding hydrogens is 566 g/mol. The normalized spacial score (nSPS) is 17.5. The summed E-state index contributed by atoms with van der Waals surface area (Å²) < 4.78 is 19.9. The fraction of sp³-hybridized carbons (Fsp3) is 0.548. The molecule has 3 amide bonds. The van der Waals surface area contributed by atoms with E-state index in [4.69, 9.17) is 27.9 Å². The minimum Gasteiger partial charge on any atom is -0.492 e. The number of likely N-dealkylation sites (N-methyl/N-ethyl adjacent to an activating group) is 1. The molecule has 4 rings (SSSR count). The number of nitrogens with one attached hydrogen (secondary N) is 1. The van der Waals surface area contributed by atoms with E-state index in [-0.39, 0.29) is 29.3 Å². The Kier molecular flexibility index (Phi) is 11.1. The molecule has 0 unspecified atom stereocenters. The first-order chi connectivity index (χ1) is 19.7. The lowest BCUT2D eigenvalue weighted by atomic mass is 9.88. The second-order valence-corrected chi connectivity index (χ2v) is 12.1. The van der Waals surface area contributed by atoms with E-state index in [1.165, 1.54) is 12.1 Å². The Morgan fingerprint density at radius 1 is 1.05 bits per heavy atom. The summed E-state index contributed by atoms with van der Waals surface area (Å²) in [5.74, 6) is 0.419. The summed E-state index contributed by atoms with van der Waals surface area (Å²) in [5.41, 5.74) is 1.72. The molecule has 0 spiro atoms. The van der Waals surface area contributed by atoms with Gasteiger partial charge in [0, 0.05) is 48.7 Å². The smallest absolute Gasteiger partial charge is 0.318 e. The second kappa shape index (κ2) is 14.6. The Morgan fingerprint density at radius 2 is 1.76 bits per heavy atom. The standard InChI is InChI=1S/C31H41Cl2FN4O3/c1-4-25(36(2)3)20-41-29-18-23(32)8-10-26(29)21-11-15-37(16-12-21)30(39)28(35-31(40)38-13-5-6-14-38)17-22-7-9-24(34)19-27(22)33/h7-10,18-19,21,25,28H,4-6,11-17,20H2,1-3H3,(H,35,40)/t25-,28-/m1/s1. The van der Waals surface area contributed by atoms with Crippen LogP contribution in [0.5, 0.6) is 5.75 Å². The molecule has 2 fully saturated rings. The molecule has 0 aromatic heterocycles. The molecule has 0 saturated carbocycles. The van der Waals surface area contributed by atoms with Crippen LogP contribution in [0, 0.1) is 5.82 Å². The van der Waals surface area contributed by atoms with Crippen molar-refractivity contribution in [3.05, 3.63) is 63.4 Å². The first-order valence-electron chi connectivity index (χ1n) is 14.5. The van der Waals surface area contributed by atoms with Crippen LogP contribution in [-0.4, -0.2) is 85.6 Å². The average Bonchev–Trinajstić information content (AvgIpc) is 3.49. The molecule has 2 heterocycles. The molecular formula is C31H41Cl2FN4O3. The van der Waals surface area contributed by atoms with E-state index in [0.717, 1.165) is 43.4 Å². The van der Waals surface area contributed by atoms with Gasteiger partial charge in [0.25, 0.3) is 0 Å². The highest BCUT2D eigenvalue weighted by Gasteiger charge is 2.32. The molecule has 10 heteroatoms. The van der Waals surface area contributed by atoms with Crippen LogP contribution >= 0.6 is 23.2 Å². The van der Waals surface area contributed by atoms with Crippen LogP contribution in [-0.2, 0) is 11.2 Å². The summed E-state index contributed by atoms with van der Waals surface area (Å²) in [4.78, 5) is 32.5. The van der Waals surface area contributed by atoms with Crippen molar-refractivity contribution in [1.82, 2.24) is 20.0 Å². The Labute approximate surface area is 252 Å². The first-order valence-corrected chi connectivity index (χ1v) is 15.3. The van der Waals surface area contributed by atoms with Gasteiger partial charge in [-0.3, -0.25) is 4.79 Å². The molecule has 2 aromatic carbocycles. The average molecular weight is 608 g/mol. The fourth-order valence-electron chi connectivity index (χ4n) is 5.69. The Hall–Kier alpha value is -2.55. The first kappa shape index (κ1) is 31.4. The number of rotatable bonds is 10. The molecule has 0 aliphatic carbocycles. The van der Waals surface area contributed by atoms with Crippen molar-refractivity contribution < 1.29 is 18.7 Å². The zero-order chi connectivity index (χ0) is 29.5. The van der Waals surface area contributed by atoms with Crippen molar-refractivity contribution in [2.45, 2.75) is 63.5 Å². The highest BCUT2D eigenvalue weighted by Crippen LogP contribution is 2.36. The number of carbonyl (C=O) groups excluding carboxylic acids is 2. The van der Waals surface area contributed by atoms with Gasteiger partial charge in [0.1, 0.15) is 24.2 Å². The lowest BCUT2D eigenvalue weighted by Gasteiger charge is -2.35. The van der Waals surface area contributed by atoms with Gasteiger partial charge in [-0.15, -0.1) is 0 Å². The third-order valence-electron chi connectivity index (χ3n) is 8.28. The highest BCUT2D eigenvalue weighted by atomic mass is 35.5. The zero-order valence-corrected chi connectivity index (χ0v) is 25.7. The van der Waals surface area contributed by atoms with Crippen LogP contribution in [0.3, 0.4) is 0 Å². The predicted octanol–water partition coefficient (Wildman–Crippen LogP) is 5.97. The maximum Gasteiger partial charge on any atom is 0.318 e. The van der Waals surface area contributed by atoms with Crippen molar-refractivity contribution >= 4 is 35.1 Å². The van der Waals surface area contributed by atoms with E-state index >= 15 is 0 Å². The zero-order valence-electron chi connectivity index (χ0n) is 24.2. The molecule has 41 heavy (non-hydrogen) atoms. The van der Waals surface area contributed by atoms with Gasteiger partial charge < -0.3 is 24.8 Å². The number of benzene rings is 2. The SMILES string of the molecule is CC[C@H](COc1cc(Cl)ccc1C1CCN(C(=O)[C@@H](Cc2ccc(F)cc2Cl)NC(=O)N2CCCC2)CC1)N(C)C. The van der Waals surface area contributed by atoms with Gasteiger partial charge in [-0.1, -0.05) is 42.3 Å². The number of likely N-dealkylation sites (tertiary alicyclic amines) is 2. The molecule has 0 bridgehead atoms. The van der Waals surface area contributed by atoms with Gasteiger partial charge in [-0.05, 0) is 87.5 Å². The summed E-state index contributed by atoms with van der Waals surface area (Å²) in [6, 6.07) is 9.19. The largest absolute Gasteiger partial charge is 0.492 e. The Bertz CT molecular complexity index is 1200. The minimum atomic E-state index is -0.797. The van der Waals surface area contributed by atoms with Crippen molar-refractivity contribution in [3.8, 4) is 5.75 Å². The number of amides is 3. The molecule has 2 aliphatic heterocycles. The molecule has 2 aliphatic rings. The Morgan fingerprint density at radius 3 is 2.39 bits per heavy atom. The monoisotopic (exact) mass is 606 g/mol. The third kappa shape index (κ3) is 8.27. The molecule has 1 N–H and O–H groups in total. The molecule has 2 atom stereocenters. The minimum absolute atomic E-state index is 0.152. The van der Waals surface area contributed by atoms with Gasteiger partial charge in [-0.2, -0.15) is 0 Å². The summed E-state index contributed by atoms with van der Waals surface area (Å²) >= 11 is 12.6. The topological polar surface area (TPSA) is 65.1 Å². The third-order valence-corrected chi connectivity index (χ3v) is 8.87. The number of nitrogens with zero attached hydrogens (tertiary/aromatic N) is 3. The van der Waals surface area contributed by atoms with E-state index in [1.54, 1.807) is 11.0 Å². The van der Waals surface area contributed by atoms with Crippen LogP contribution in [0.4, 0.5) is 9.18 Å². The maximum absolute atomic E-state index is 13.8. The molecule has 2 saturated heterocycles. The van der Waals surface area contributed by atoms with Crippen LogP contribution in [0.15, 0.2) is 36.4 Å². The second-order valence-electron chi connectivity index (χ2n) is 11.3. The molecule has 7 nitrogen and oxygen atoms in total. The van der Waals surface area contributed by atoms with Crippen LogP contribution in [0.1, 0.15) is 56.1 Å². The number of ether oxygens (including phenoxy) is 1. The van der Waals surface area contributed by atoms with Gasteiger partial charge in [0.15, 0.2) is 0 Å². The van der Waals surface area contributed by atoms with Crippen molar-refractivity contribution in [1.29, 1.82) is 0 Å². The van der Waals surface area contributed by atoms with Crippen LogP contribution < -0.4 is 10.1 Å². The predicted molar refractivity (Wildman–Crippen MR) is 162 cm³/mol. The number of hydrogen-bond donors (Lipinski definition) is 1. The number of halogens is 3. The maximum atomic E-state index is 13.8. The number of urea groups is 1. The molecule has 2 aromatic rings. The number of hydrogen-bond acceptors (Lipinski definition) is 4. The highest BCUT2D eigenvalue weighted by molar-refractivity contribution is 6.31. The van der Waals surface area contributed by atoms with Gasteiger partial charge >= 0.3 is 6.03 Å². The summed E-state index contributed by atoms with van der Waals surface area (Å²) in [5, 5.41) is 3.82. The van der Waals surface area contributed by atoms with Crippen molar-refractivity contribution in [2.24, 2.45) is 0 Å².